The maximum Gasteiger partial charge on any atom is 0.243 e. The molecule has 0 aromatic heterocycles. The monoisotopic (exact) mass is 313 g/mol. The van der Waals surface area contributed by atoms with Crippen LogP contribution in [0.5, 0.6) is 11.5 Å². The minimum atomic E-state index is -3.48. The van der Waals surface area contributed by atoms with Crippen molar-refractivity contribution < 1.29 is 22.6 Å². The Kier molecular flexibility index (Phi) is 4.05. The van der Waals surface area contributed by atoms with Gasteiger partial charge in [0.2, 0.25) is 10.0 Å². The quantitative estimate of drug-likeness (QED) is 0.840. The third-order valence-corrected chi connectivity index (χ3v) is 5.78. The summed E-state index contributed by atoms with van der Waals surface area (Å²) in [7, 11) is -1.82. The molecule has 3 rings (SSSR count). The number of piperidine rings is 1. The lowest BCUT2D eigenvalue weighted by molar-refractivity contribution is 0.0604. The topological polar surface area (TPSA) is 65.1 Å². The van der Waals surface area contributed by atoms with E-state index in [2.05, 4.69) is 0 Å². The molecule has 1 saturated heterocycles. The Bertz CT molecular complexity index is 608. The van der Waals surface area contributed by atoms with Crippen LogP contribution in [0.3, 0.4) is 0 Å². The van der Waals surface area contributed by atoms with Gasteiger partial charge in [-0.05, 0) is 25.0 Å². The van der Waals surface area contributed by atoms with E-state index < -0.39 is 10.0 Å². The van der Waals surface area contributed by atoms with Crippen molar-refractivity contribution >= 4 is 10.0 Å². The number of ether oxygens (including phenoxy) is 3. The summed E-state index contributed by atoms with van der Waals surface area (Å²) in [5.41, 5.74) is 0. The van der Waals surface area contributed by atoms with Gasteiger partial charge >= 0.3 is 0 Å². The second-order valence-electron chi connectivity index (χ2n) is 5.14. The summed E-state index contributed by atoms with van der Waals surface area (Å²) >= 11 is 0. The van der Waals surface area contributed by atoms with Crippen molar-refractivity contribution in [2.24, 2.45) is 0 Å². The van der Waals surface area contributed by atoms with Crippen LogP contribution in [-0.2, 0) is 14.8 Å². The van der Waals surface area contributed by atoms with Crippen molar-refractivity contribution in [2.45, 2.75) is 23.8 Å². The lowest BCUT2D eigenvalue weighted by Gasteiger charge is -2.30. The van der Waals surface area contributed by atoms with Gasteiger partial charge in [0.1, 0.15) is 13.2 Å². The smallest absolute Gasteiger partial charge is 0.243 e. The molecule has 1 aromatic rings. The molecule has 0 saturated carbocycles. The van der Waals surface area contributed by atoms with Crippen molar-refractivity contribution in [3.8, 4) is 11.5 Å². The molecule has 0 bridgehead atoms. The van der Waals surface area contributed by atoms with Crippen molar-refractivity contribution in [1.82, 2.24) is 4.31 Å². The Labute approximate surface area is 124 Å². The first kappa shape index (κ1) is 14.6. The Morgan fingerprint density at radius 2 is 1.81 bits per heavy atom. The Morgan fingerprint density at radius 3 is 2.48 bits per heavy atom. The molecule has 0 amide bonds. The molecule has 0 aliphatic carbocycles. The highest BCUT2D eigenvalue weighted by molar-refractivity contribution is 7.89. The van der Waals surface area contributed by atoms with Crippen LogP contribution in [0.1, 0.15) is 12.8 Å². The number of methoxy groups -OCH3 is 1. The van der Waals surface area contributed by atoms with Gasteiger partial charge in [-0.15, -0.1) is 0 Å². The van der Waals surface area contributed by atoms with Crippen molar-refractivity contribution in [1.29, 1.82) is 0 Å². The van der Waals surface area contributed by atoms with E-state index >= 15 is 0 Å². The fourth-order valence-electron chi connectivity index (χ4n) is 2.64. The molecule has 0 atom stereocenters. The Morgan fingerprint density at radius 1 is 1.14 bits per heavy atom. The van der Waals surface area contributed by atoms with Crippen LogP contribution in [0.4, 0.5) is 0 Å². The normalized spacial score (nSPS) is 20.4. The number of hydrogen-bond donors (Lipinski definition) is 0. The molecule has 7 heteroatoms. The zero-order valence-electron chi connectivity index (χ0n) is 11.9. The van der Waals surface area contributed by atoms with Gasteiger partial charge in [-0.25, -0.2) is 8.42 Å². The molecule has 2 aliphatic rings. The highest BCUT2D eigenvalue weighted by Crippen LogP contribution is 2.33. The van der Waals surface area contributed by atoms with Gasteiger partial charge in [-0.2, -0.15) is 4.31 Å². The molecule has 1 aromatic carbocycles. The minimum absolute atomic E-state index is 0.150. The van der Waals surface area contributed by atoms with E-state index in [1.54, 1.807) is 25.3 Å². The minimum Gasteiger partial charge on any atom is -0.486 e. The second kappa shape index (κ2) is 5.82. The standard InChI is InChI=1S/C14H19NO5S/c1-18-11-4-6-15(7-5-11)21(16,17)12-2-3-13-14(10-12)20-9-8-19-13/h2-3,10-11H,4-9H2,1H3. The van der Waals surface area contributed by atoms with Crippen LogP contribution >= 0.6 is 0 Å². The van der Waals surface area contributed by atoms with Gasteiger partial charge in [0.15, 0.2) is 11.5 Å². The molecule has 0 spiro atoms. The largest absolute Gasteiger partial charge is 0.486 e. The molecule has 6 nitrogen and oxygen atoms in total. The van der Waals surface area contributed by atoms with Crippen LogP contribution in [-0.4, -0.2) is 52.2 Å². The molecule has 2 aliphatic heterocycles. The zero-order valence-corrected chi connectivity index (χ0v) is 12.8. The lowest BCUT2D eigenvalue weighted by atomic mass is 10.1. The summed E-state index contributed by atoms with van der Waals surface area (Å²) < 4.78 is 43.0. The summed E-state index contributed by atoms with van der Waals surface area (Å²) in [5.74, 6) is 1.09. The highest BCUT2D eigenvalue weighted by atomic mass is 32.2. The summed E-state index contributed by atoms with van der Waals surface area (Å²) in [5, 5.41) is 0. The van der Waals surface area contributed by atoms with E-state index in [1.807, 2.05) is 0 Å². The summed E-state index contributed by atoms with van der Waals surface area (Å²) in [6, 6.07) is 4.78. The number of sulfonamides is 1. The molecule has 0 radical (unpaired) electrons. The number of rotatable bonds is 3. The first-order valence-corrected chi connectivity index (χ1v) is 8.48. The third kappa shape index (κ3) is 2.86. The van der Waals surface area contributed by atoms with E-state index in [1.165, 1.54) is 4.31 Å². The van der Waals surface area contributed by atoms with Crippen LogP contribution in [0.2, 0.25) is 0 Å². The van der Waals surface area contributed by atoms with Crippen LogP contribution in [0, 0.1) is 0 Å². The third-order valence-electron chi connectivity index (χ3n) is 3.89. The predicted molar refractivity (Wildman–Crippen MR) is 76.2 cm³/mol. The van der Waals surface area contributed by atoms with E-state index in [-0.39, 0.29) is 11.0 Å². The van der Waals surface area contributed by atoms with Gasteiger partial charge in [0.25, 0.3) is 0 Å². The lowest BCUT2D eigenvalue weighted by Crippen LogP contribution is -2.40. The van der Waals surface area contributed by atoms with E-state index in [9.17, 15) is 8.42 Å². The molecule has 1 fully saturated rings. The number of hydrogen-bond acceptors (Lipinski definition) is 5. The van der Waals surface area contributed by atoms with Gasteiger partial charge in [0.05, 0.1) is 11.0 Å². The van der Waals surface area contributed by atoms with Crippen LogP contribution in [0.25, 0.3) is 0 Å². The molecule has 116 valence electrons. The fourth-order valence-corrected chi connectivity index (χ4v) is 4.13. The molecule has 0 unspecified atom stereocenters. The van der Waals surface area contributed by atoms with Gasteiger partial charge < -0.3 is 14.2 Å². The molecule has 0 N–H and O–H groups in total. The average molecular weight is 313 g/mol. The Balaban J connectivity index is 1.82. The van der Waals surface area contributed by atoms with Gasteiger partial charge in [-0.3, -0.25) is 0 Å². The number of fused-ring (bicyclic) bond motifs is 1. The van der Waals surface area contributed by atoms with E-state index in [0.717, 1.165) is 12.8 Å². The van der Waals surface area contributed by atoms with Crippen molar-refractivity contribution in [3.05, 3.63) is 18.2 Å². The van der Waals surface area contributed by atoms with Crippen LogP contribution in [0.15, 0.2) is 23.1 Å². The SMILES string of the molecule is COC1CCN(S(=O)(=O)c2ccc3c(c2)OCCO3)CC1. The molecular weight excluding hydrogens is 294 g/mol. The Hall–Kier alpha value is -1.31. The molecule has 2 heterocycles. The molecule has 21 heavy (non-hydrogen) atoms. The predicted octanol–water partition coefficient (Wildman–Crippen LogP) is 1.26. The average Bonchev–Trinajstić information content (AvgIpc) is 2.54. The van der Waals surface area contributed by atoms with E-state index in [0.29, 0.717) is 37.8 Å². The number of benzene rings is 1. The highest BCUT2D eigenvalue weighted by Gasteiger charge is 2.30. The summed E-state index contributed by atoms with van der Waals surface area (Å²) in [4.78, 5) is 0.252. The van der Waals surface area contributed by atoms with Gasteiger partial charge in [-0.1, -0.05) is 0 Å². The molecular formula is C14H19NO5S. The van der Waals surface area contributed by atoms with Crippen molar-refractivity contribution in [3.63, 3.8) is 0 Å². The zero-order chi connectivity index (χ0) is 14.9. The first-order chi connectivity index (χ1) is 10.1. The summed E-state index contributed by atoms with van der Waals surface area (Å²) in [6.45, 7) is 1.89. The number of nitrogens with zero attached hydrogens (tertiary/aromatic N) is 1. The second-order valence-corrected chi connectivity index (χ2v) is 7.08. The van der Waals surface area contributed by atoms with Gasteiger partial charge in [0, 0.05) is 26.3 Å². The first-order valence-electron chi connectivity index (χ1n) is 7.04. The van der Waals surface area contributed by atoms with Crippen molar-refractivity contribution in [2.75, 3.05) is 33.4 Å². The fraction of sp³-hybridized carbons (Fsp3) is 0.571. The van der Waals surface area contributed by atoms with E-state index in [4.69, 9.17) is 14.2 Å². The maximum absolute atomic E-state index is 12.7. The summed E-state index contributed by atoms with van der Waals surface area (Å²) in [6.07, 6.45) is 1.59. The van der Waals surface area contributed by atoms with Crippen LogP contribution < -0.4 is 9.47 Å². The maximum atomic E-state index is 12.7.